The summed E-state index contributed by atoms with van der Waals surface area (Å²) < 4.78 is 0. The van der Waals surface area contributed by atoms with Gasteiger partial charge in [0.2, 0.25) is 5.91 Å². The summed E-state index contributed by atoms with van der Waals surface area (Å²) in [5.41, 5.74) is 5.68. The smallest absolute Gasteiger partial charge is 0.325 e. The van der Waals surface area contributed by atoms with E-state index in [0.717, 1.165) is 21.8 Å². The number of hydrogen-bond acceptors (Lipinski definition) is 3. The number of rotatable bonds is 3. The van der Waals surface area contributed by atoms with Gasteiger partial charge in [-0.3, -0.25) is 15.0 Å². The fraction of sp³-hybridized carbons (Fsp3) is 0.231. The summed E-state index contributed by atoms with van der Waals surface area (Å²) in [7, 11) is 0. The van der Waals surface area contributed by atoms with Crippen molar-refractivity contribution < 1.29 is 14.7 Å². The third kappa shape index (κ3) is 2.68. The molecule has 0 saturated carbocycles. The van der Waals surface area contributed by atoms with E-state index in [9.17, 15) is 9.59 Å². The Morgan fingerprint density at radius 3 is 2.67 bits per heavy atom. The van der Waals surface area contributed by atoms with Gasteiger partial charge in [-0.15, -0.1) is 0 Å². The van der Waals surface area contributed by atoms with Gasteiger partial charge in [0, 0.05) is 6.42 Å². The van der Waals surface area contributed by atoms with Crippen LogP contribution in [0, 0.1) is 6.92 Å². The Bertz CT molecular complexity index is 505. The van der Waals surface area contributed by atoms with Crippen molar-refractivity contribution in [1.82, 2.24) is 10.4 Å². The lowest BCUT2D eigenvalue weighted by Crippen LogP contribution is -2.46. The van der Waals surface area contributed by atoms with E-state index in [1.165, 1.54) is 0 Å². The van der Waals surface area contributed by atoms with Gasteiger partial charge in [0.15, 0.2) is 0 Å². The zero-order valence-corrected chi connectivity index (χ0v) is 10.0. The predicted molar refractivity (Wildman–Crippen MR) is 66.3 cm³/mol. The fourth-order valence-corrected chi connectivity index (χ4v) is 1.73. The number of aryl methyl sites for hydroxylation is 1. The van der Waals surface area contributed by atoms with E-state index in [1.54, 1.807) is 6.08 Å². The predicted octanol–water partition coefficient (Wildman–Crippen LogP) is 1.16. The van der Waals surface area contributed by atoms with Crippen molar-refractivity contribution in [3.8, 4) is 0 Å². The monoisotopic (exact) mass is 246 g/mol. The second-order valence-corrected chi connectivity index (χ2v) is 4.17. The van der Waals surface area contributed by atoms with Crippen LogP contribution in [0.4, 0.5) is 0 Å². The Morgan fingerprint density at radius 2 is 2.06 bits per heavy atom. The second-order valence-electron chi connectivity index (χ2n) is 4.17. The lowest BCUT2D eigenvalue weighted by atomic mass is 10.1. The number of aliphatic carboxylic acids is 1. The molecule has 1 heterocycles. The highest BCUT2D eigenvalue weighted by molar-refractivity contribution is 5.86. The van der Waals surface area contributed by atoms with Crippen LogP contribution in [-0.2, 0) is 9.59 Å². The minimum Gasteiger partial charge on any atom is -0.480 e. The zero-order valence-electron chi connectivity index (χ0n) is 10.0. The number of carbonyl (C=O) groups excluding carboxylic acids is 1. The van der Waals surface area contributed by atoms with Gasteiger partial charge in [-0.2, -0.15) is 0 Å². The normalized spacial score (nSPS) is 15.1. The highest BCUT2D eigenvalue weighted by Crippen LogP contribution is 2.17. The lowest BCUT2D eigenvalue weighted by molar-refractivity contribution is -0.145. The van der Waals surface area contributed by atoms with E-state index < -0.39 is 5.97 Å². The molecule has 0 atom stereocenters. The summed E-state index contributed by atoms with van der Waals surface area (Å²) in [6, 6.07) is 7.80. The van der Waals surface area contributed by atoms with Crippen molar-refractivity contribution in [3.05, 3.63) is 41.5 Å². The first-order valence-electron chi connectivity index (χ1n) is 5.62. The molecule has 0 bridgehead atoms. The molecular weight excluding hydrogens is 232 g/mol. The van der Waals surface area contributed by atoms with Gasteiger partial charge in [-0.25, -0.2) is 5.01 Å². The molecule has 0 aliphatic carbocycles. The third-order valence-electron chi connectivity index (χ3n) is 2.69. The van der Waals surface area contributed by atoms with Crippen LogP contribution >= 0.6 is 0 Å². The van der Waals surface area contributed by atoms with Crippen LogP contribution in [-0.4, -0.2) is 28.5 Å². The SMILES string of the molecule is Cc1ccc(C2=CCC(=O)N(CC(=O)O)N2)cc1. The standard InChI is InChI=1S/C13H14N2O3/c1-9-2-4-10(5-3-9)11-6-7-12(16)15(14-11)8-13(17)18/h2-6,14H,7-8H2,1H3,(H,17,18). The van der Waals surface area contributed by atoms with Gasteiger partial charge in [0.25, 0.3) is 0 Å². The molecule has 1 aromatic carbocycles. The number of carboxylic acids is 1. The molecule has 1 aromatic rings. The fourth-order valence-electron chi connectivity index (χ4n) is 1.73. The Morgan fingerprint density at radius 1 is 1.39 bits per heavy atom. The molecule has 2 N–H and O–H groups in total. The van der Waals surface area contributed by atoms with Crippen LogP contribution in [0.5, 0.6) is 0 Å². The summed E-state index contributed by atoms with van der Waals surface area (Å²) >= 11 is 0. The number of benzene rings is 1. The maximum Gasteiger partial charge on any atom is 0.325 e. The molecule has 1 aliphatic rings. The van der Waals surface area contributed by atoms with Gasteiger partial charge in [-0.1, -0.05) is 29.8 Å². The van der Waals surface area contributed by atoms with E-state index in [2.05, 4.69) is 5.43 Å². The molecular formula is C13H14N2O3. The van der Waals surface area contributed by atoms with Crippen LogP contribution in [0.3, 0.4) is 0 Å². The Balaban J connectivity index is 2.17. The summed E-state index contributed by atoms with van der Waals surface area (Å²) in [6.45, 7) is 1.65. The van der Waals surface area contributed by atoms with E-state index in [0.29, 0.717) is 0 Å². The van der Waals surface area contributed by atoms with Crippen molar-refractivity contribution in [3.63, 3.8) is 0 Å². The van der Waals surface area contributed by atoms with Crippen molar-refractivity contribution in [2.75, 3.05) is 6.54 Å². The van der Waals surface area contributed by atoms with Crippen molar-refractivity contribution in [1.29, 1.82) is 0 Å². The average molecular weight is 246 g/mol. The number of hydrogen-bond donors (Lipinski definition) is 2. The Kier molecular flexibility index (Phi) is 3.32. The molecule has 1 aliphatic heterocycles. The van der Waals surface area contributed by atoms with Crippen LogP contribution in [0.2, 0.25) is 0 Å². The third-order valence-corrected chi connectivity index (χ3v) is 2.69. The lowest BCUT2D eigenvalue weighted by Gasteiger charge is -2.27. The summed E-state index contributed by atoms with van der Waals surface area (Å²) in [5.74, 6) is -1.28. The largest absolute Gasteiger partial charge is 0.480 e. The molecule has 0 unspecified atom stereocenters. The number of carbonyl (C=O) groups is 2. The van der Waals surface area contributed by atoms with E-state index >= 15 is 0 Å². The highest BCUT2D eigenvalue weighted by atomic mass is 16.4. The maximum absolute atomic E-state index is 11.5. The van der Waals surface area contributed by atoms with Crippen molar-refractivity contribution >= 4 is 17.6 Å². The van der Waals surface area contributed by atoms with Gasteiger partial charge in [0.1, 0.15) is 6.54 Å². The molecule has 1 amide bonds. The van der Waals surface area contributed by atoms with Gasteiger partial charge >= 0.3 is 5.97 Å². The number of carboxylic acid groups (broad SMARTS) is 1. The molecule has 0 spiro atoms. The van der Waals surface area contributed by atoms with Crippen LogP contribution in [0.1, 0.15) is 17.5 Å². The number of hydrazine groups is 1. The highest BCUT2D eigenvalue weighted by Gasteiger charge is 2.21. The molecule has 0 aromatic heterocycles. The molecule has 2 rings (SSSR count). The first kappa shape index (κ1) is 12.2. The molecule has 0 saturated heterocycles. The van der Waals surface area contributed by atoms with Gasteiger partial charge in [-0.05, 0) is 18.6 Å². The number of nitrogens with one attached hydrogen (secondary N) is 1. The van der Waals surface area contributed by atoms with E-state index in [4.69, 9.17) is 5.11 Å². The average Bonchev–Trinajstić information content (AvgIpc) is 2.32. The van der Waals surface area contributed by atoms with Crippen molar-refractivity contribution in [2.45, 2.75) is 13.3 Å². The Labute approximate surface area is 105 Å². The quantitative estimate of drug-likeness (QED) is 0.839. The molecule has 94 valence electrons. The van der Waals surface area contributed by atoms with E-state index in [-0.39, 0.29) is 18.9 Å². The molecule has 0 fully saturated rings. The molecule has 0 radical (unpaired) electrons. The minimum absolute atomic E-state index is 0.212. The number of amides is 1. The van der Waals surface area contributed by atoms with Crippen LogP contribution < -0.4 is 5.43 Å². The summed E-state index contributed by atoms with van der Waals surface area (Å²) in [6.07, 6.45) is 1.98. The summed E-state index contributed by atoms with van der Waals surface area (Å²) in [5, 5.41) is 9.85. The van der Waals surface area contributed by atoms with E-state index in [1.807, 2.05) is 31.2 Å². The topological polar surface area (TPSA) is 69.6 Å². The maximum atomic E-state index is 11.5. The molecule has 18 heavy (non-hydrogen) atoms. The minimum atomic E-state index is -1.04. The molecule has 5 nitrogen and oxygen atoms in total. The van der Waals surface area contributed by atoms with Gasteiger partial charge in [0.05, 0.1) is 5.70 Å². The van der Waals surface area contributed by atoms with Crippen LogP contribution in [0.15, 0.2) is 30.3 Å². The molecule has 5 heteroatoms. The van der Waals surface area contributed by atoms with Crippen molar-refractivity contribution in [2.24, 2.45) is 0 Å². The first-order chi connectivity index (χ1) is 8.56. The number of nitrogens with zero attached hydrogens (tertiary/aromatic N) is 1. The van der Waals surface area contributed by atoms with Gasteiger partial charge < -0.3 is 5.11 Å². The Hall–Kier alpha value is -2.30. The van der Waals surface area contributed by atoms with Crippen LogP contribution in [0.25, 0.3) is 5.70 Å². The second kappa shape index (κ2) is 4.91. The summed E-state index contributed by atoms with van der Waals surface area (Å²) in [4.78, 5) is 22.2. The first-order valence-corrected chi connectivity index (χ1v) is 5.62. The zero-order chi connectivity index (χ0) is 13.1.